The number of amides is 1. The van der Waals surface area contributed by atoms with Crippen molar-refractivity contribution in [2.24, 2.45) is 0 Å². The first-order valence-electron chi connectivity index (χ1n) is 9.58. The van der Waals surface area contributed by atoms with Gasteiger partial charge in [-0.25, -0.2) is 0 Å². The molecule has 0 bridgehead atoms. The number of hydrogen-bond donors (Lipinski definition) is 1. The topological polar surface area (TPSA) is 70.1 Å². The summed E-state index contributed by atoms with van der Waals surface area (Å²) in [6.07, 6.45) is 0. The van der Waals surface area contributed by atoms with Crippen molar-refractivity contribution in [1.82, 2.24) is 9.80 Å². The SMILES string of the molecule is COc1ccc(/C(O)=C2\C(=O)C(=O)N(CCN(C)C)[C@H]2c2ccc(C)cc2)cc1Cl. The number of ether oxygens (including phenoxy) is 1. The Kier molecular flexibility index (Phi) is 6.48. The maximum Gasteiger partial charge on any atom is 0.295 e. The molecular weight excluding hydrogens is 404 g/mol. The molecule has 1 amide bonds. The Balaban J connectivity index is 2.14. The smallest absolute Gasteiger partial charge is 0.295 e. The Hall–Kier alpha value is -2.83. The summed E-state index contributed by atoms with van der Waals surface area (Å²) in [5, 5.41) is 11.3. The second-order valence-electron chi connectivity index (χ2n) is 7.56. The molecule has 0 radical (unpaired) electrons. The lowest BCUT2D eigenvalue weighted by atomic mass is 9.94. The Morgan fingerprint density at radius 1 is 1.17 bits per heavy atom. The molecule has 0 aliphatic carbocycles. The van der Waals surface area contributed by atoms with Gasteiger partial charge in [0, 0.05) is 18.7 Å². The van der Waals surface area contributed by atoms with Gasteiger partial charge in [-0.3, -0.25) is 9.59 Å². The van der Waals surface area contributed by atoms with Crippen LogP contribution in [0.15, 0.2) is 48.0 Å². The van der Waals surface area contributed by atoms with Crippen LogP contribution in [-0.2, 0) is 9.59 Å². The molecule has 2 aromatic carbocycles. The normalized spacial score (nSPS) is 18.3. The highest BCUT2D eigenvalue weighted by Gasteiger charge is 2.45. The van der Waals surface area contributed by atoms with Gasteiger partial charge in [0.1, 0.15) is 11.5 Å². The van der Waals surface area contributed by atoms with Gasteiger partial charge in [-0.1, -0.05) is 41.4 Å². The lowest BCUT2D eigenvalue weighted by Crippen LogP contribution is -2.35. The molecule has 7 heteroatoms. The number of carbonyl (C=O) groups excluding carboxylic acids is 2. The van der Waals surface area contributed by atoms with Crippen LogP contribution in [0.25, 0.3) is 5.76 Å². The highest BCUT2D eigenvalue weighted by molar-refractivity contribution is 6.46. The fourth-order valence-corrected chi connectivity index (χ4v) is 3.74. The molecule has 1 atom stereocenters. The van der Waals surface area contributed by atoms with Crippen LogP contribution in [0.5, 0.6) is 5.75 Å². The fourth-order valence-electron chi connectivity index (χ4n) is 3.48. The summed E-state index contributed by atoms with van der Waals surface area (Å²) < 4.78 is 5.15. The predicted molar refractivity (Wildman–Crippen MR) is 117 cm³/mol. The Morgan fingerprint density at radius 2 is 1.83 bits per heavy atom. The molecule has 3 rings (SSSR count). The van der Waals surface area contributed by atoms with Crippen LogP contribution >= 0.6 is 11.6 Å². The van der Waals surface area contributed by atoms with Gasteiger partial charge in [0.2, 0.25) is 0 Å². The van der Waals surface area contributed by atoms with Crippen molar-refractivity contribution in [3.8, 4) is 5.75 Å². The molecule has 1 saturated heterocycles. The zero-order valence-electron chi connectivity index (χ0n) is 17.5. The summed E-state index contributed by atoms with van der Waals surface area (Å²) in [7, 11) is 5.29. The highest BCUT2D eigenvalue weighted by atomic mass is 35.5. The molecule has 0 aromatic heterocycles. The van der Waals surface area contributed by atoms with Crippen LogP contribution in [0.4, 0.5) is 0 Å². The van der Waals surface area contributed by atoms with Gasteiger partial charge in [0.25, 0.3) is 11.7 Å². The Morgan fingerprint density at radius 3 is 2.40 bits per heavy atom. The zero-order valence-corrected chi connectivity index (χ0v) is 18.2. The number of likely N-dealkylation sites (tertiary alicyclic amines) is 1. The fraction of sp³-hybridized carbons (Fsp3) is 0.304. The second-order valence-corrected chi connectivity index (χ2v) is 7.96. The van der Waals surface area contributed by atoms with Gasteiger partial charge >= 0.3 is 0 Å². The van der Waals surface area contributed by atoms with Crippen LogP contribution in [0, 0.1) is 6.92 Å². The molecule has 30 heavy (non-hydrogen) atoms. The van der Waals surface area contributed by atoms with Crippen molar-refractivity contribution in [3.05, 3.63) is 69.8 Å². The number of hydrogen-bond acceptors (Lipinski definition) is 5. The average Bonchev–Trinajstić information content (AvgIpc) is 2.96. The zero-order chi connectivity index (χ0) is 22.0. The van der Waals surface area contributed by atoms with Crippen molar-refractivity contribution >= 4 is 29.1 Å². The van der Waals surface area contributed by atoms with Crippen molar-refractivity contribution < 1.29 is 19.4 Å². The van der Waals surface area contributed by atoms with Crippen molar-refractivity contribution in [1.29, 1.82) is 0 Å². The van der Waals surface area contributed by atoms with Gasteiger partial charge in [0.05, 0.1) is 23.7 Å². The van der Waals surface area contributed by atoms with E-state index in [0.29, 0.717) is 29.4 Å². The van der Waals surface area contributed by atoms with E-state index in [9.17, 15) is 14.7 Å². The van der Waals surface area contributed by atoms with E-state index in [0.717, 1.165) is 11.1 Å². The van der Waals surface area contributed by atoms with E-state index in [1.807, 2.05) is 50.2 Å². The van der Waals surface area contributed by atoms with E-state index in [1.165, 1.54) is 18.1 Å². The van der Waals surface area contributed by atoms with E-state index < -0.39 is 17.7 Å². The van der Waals surface area contributed by atoms with Crippen LogP contribution < -0.4 is 4.74 Å². The Labute approximate surface area is 181 Å². The minimum absolute atomic E-state index is 0.0591. The third-order valence-corrected chi connectivity index (χ3v) is 5.44. The van der Waals surface area contributed by atoms with Gasteiger partial charge in [-0.2, -0.15) is 0 Å². The number of rotatable bonds is 6. The molecule has 1 aliphatic heterocycles. The monoisotopic (exact) mass is 428 g/mol. The van der Waals surface area contributed by atoms with Crippen LogP contribution in [0.3, 0.4) is 0 Å². The van der Waals surface area contributed by atoms with E-state index in [-0.39, 0.29) is 11.3 Å². The number of aliphatic hydroxyl groups is 1. The molecule has 1 fully saturated rings. The quantitative estimate of drug-likeness (QED) is 0.432. The molecule has 6 nitrogen and oxygen atoms in total. The van der Waals surface area contributed by atoms with E-state index >= 15 is 0 Å². The molecule has 2 aromatic rings. The average molecular weight is 429 g/mol. The number of Topliss-reactive ketones (excluding diaryl/α,β-unsaturated/α-hetero) is 1. The number of aliphatic hydroxyl groups excluding tert-OH is 1. The number of benzene rings is 2. The molecule has 1 N–H and O–H groups in total. The Bertz CT molecular complexity index is 999. The number of halogens is 1. The largest absolute Gasteiger partial charge is 0.507 e. The summed E-state index contributed by atoms with van der Waals surface area (Å²) in [4.78, 5) is 29.3. The molecule has 0 spiro atoms. The minimum Gasteiger partial charge on any atom is -0.507 e. The number of aryl methyl sites for hydroxylation is 1. The van der Waals surface area contributed by atoms with Gasteiger partial charge in [-0.05, 0) is 44.8 Å². The molecule has 0 saturated carbocycles. The van der Waals surface area contributed by atoms with Gasteiger partial charge in [-0.15, -0.1) is 0 Å². The van der Waals surface area contributed by atoms with E-state index in [2.05, 4.69) is 0 Å². The summed E-state index contributed by atoms with van der Waals surface area (Å²) in [5.74, 6) is -1.13. The predicted octanol–water partition coefficient (Wildman–Crippen LogP) is 3.64. The lowest BCUT2D eigenvalue weighted by Gasteiger charge is -2.26. The number of methoxy groups -OCH3 is 1. The first kappa shape index (κ1) is 21.9. The highest BCUT2D eigenvalue weighted by Crippen LogP contribution is 2.40. The number of nitrogens with zero attached hydrogens (tertiary/aromatic N) is 2. The lowest BCUT2D eigenvalue weighted by molar-refractivity contribution is -0.140. The first-order valence-corrected chi connectivity index (χ1v) is 9.96. The summed E-state index contributed by atoms with van der Waals surface area (Å²) in [5.41, 5.74) is 2.23. The van der Waals surface area contributed by atoms with Crippen LogP contribution in [-0.4, -0.2) is 60.9 Å². The van der Waals surface area contributed by atoms with Crippen molar-refractivity contribution in [3.63, 3.8) is 0 Å². The molecule has 1 aliphatic rings. The molecule has 158 valence electrons. The molecule has 0 unspecified atom stereocenters. The maximum atomic E-state index is 13.0. The third kappa shape index (κ3) is 4.20. The van der Waals surface area contributed by atoms with Crippen molar-refractivity contribution in [2.75, 3.05) is 34.3 Å². The summed E-state index contributed by atoms with van der Waals surface area (Å²) in [6, 6.07) is 11.7. The number of likely N-dealkylation sites (N-methyl/N-ethyl adjacent to an activating group) is 1. The molecular formula is C23H25ClN2O4. The summed E-state index contributed by atoms with van der Waals surface area (Å²) >= 11 is 6.20. The van der Waals surface area contributed by atoms with Crippen LogP contribution in [0.1, 0.15) is 22.7 Å². The summed E-state index contributed by atoms with van der Waals surface area (Å²) in [6.45, 7) is 2.91. The number of ketones is 1. The third-order valence-electron chi connectivity index (χ3n) is 5.15. The molecule has 1 heterocycles. The van der Waals surface area contributed by atoms with E-state index in [4.69, 9.17) is 16.3 Å². The first-order chi connectivity index (χ1) is 14.2. The maximum absolute atomic E-state index is 13.0. The van der Waals surface area contributed by atoms with Crippen molar-refractivity contribution in [2.45, 2.75) is 13.0 Å². The van der Waals surface area contributed by atoms with E-state index in [1.54, 1.807) is 12.1 Å². The standard InChI is InChI=1S/C23H25ClN2O4/c1-14-5-7-15(8-6-14)20-19(22(28)23(29)26(20)12-11-25(2)3)21(27)16-9-10-18(30-4)17(24)13-16/h5-10,13,20,27H,11-12H2,1-4H3/b21-19+/t20-/m0/s1. The van der Waals surface area contributed by atoms with Gasteiger partial charge in [0.15, 0.2) is 0 Å². The second kappa shape index (κ2) is 8.90. The van der Waals surface area contributed by atoms with Gasteiger partial charge < -0.3 is 19.6 Å². The van der Waals surface area contributed by atoms with Crippen LogP contribution in [0.2, 0.25) is 5.02 Å². The minimum atomic E-state index is -0.705. The number of carbonyl (C=O) groups is 2.